The number of pyridine rings is 1. The Kier molecular flexibility index (Phi) is 5.41. The summed E-state index contributed by atoms with van der Waals surface area (Å²) in [5.74, 6) is 1.51. The summed E-state index contributed by atoms with van der Waals surface area (Å²) < 4.78 is 15.3. The monoisotopic (exact) mass is 360 g/mol. The summed E-state index contributed by atoms with van der Waals surface area (Å²) in [6, 6.07) is 3.53. The van der Waals surface area contributed by atoms with Crippen LogP contribution in [0.2, 0.25) is 0 Å². The Morgan fingerprint density at radius 3 is 2.50 bits per heavy atom. The Bertz CT molecular complexity index is 762. The predicted molar refractivity (Wildman–Crippen MR) is 95.6 cm³/mol. The van der Waals surface area contributed by atoms with E-state index in [9.17, 15) is 4.79 Å². The molecule has 0 saturated carbocycles. The van der Waals surface area contributed by atoms with Gasteiger partial charge in [0.05, 0.1) is 19.9 Å². The van der Waals surface area contributed by atoms with Crippen molar-refractivity contribution in [3.05, 3.63) is 34.7 Å². The van der Waals surface area contributed by atoms with Crippen LogP contribution < -0.4 is 9.64 Å². The minimum absolute atomic E-state index is 0.285. The van der Waals surface area contributed by atoms with Gasteiger partial charge in [-0.25, -0.2) is 4.79 Å². The lowest BCUT2D eigenvalue weighted by atomic mass is 10.1. The molecule has 0 bridgehead atoms. The number of carbonyl (C=O) groups is 1. The van der Waals surface area contributed by atoms with E-state index < -0.39 is 5.97 Å². The highest BCUT2D eigenvalue weighted by atomic mass is 16.5. The third-order valence-corrected chi connectivity index (χ3v) is 4.70. The molecule has 8 heteroatoms. The number of aromatic nitrogens is 2. The molecule has 1 aliphatic rings. The summed E-state index contributed by atoms with van der Waals surface area (Å²) in [7, 11) is 2.84. The van der Waals surface area contributed by atoms with Gasteiger partial charge in [0.1, 0.15) is 17.1 Å². The number of rotatable bonds is 5. The number of carbonyl (C=O) groups excluding carboxylic acids is 1. The van der Waals surface area contributed by atoms with E-state index in [0.717, 1.165) is 50.0 Å². The average molecular weight is 360 g/mol. The standard InChI is InChI=1S/C18H24N4O4/c1-12-15(13(2)26-20-12)11-21-7-9-22(10-8-21)16-6-5-14(18(23)25-4)17(19-16)24-3/h5-6H,7-11H2,1-4H3. The van der Waals surface area contributed by atoms with Crippen LogP contribution in [0.3, 0.4) is 0 Å². The van der Waals surface area contributed by atoms with Crippen molar-refractivity contribution in [2.75, 3.05) is 45.3 Å². The van der Waals surface area contributed by atoms with Crippen LogP contribution in [0.25, 0.3) is 0 Å². The van der Waals surface area contributed by atoms with Crippen molar-refractivity contribution in [2.45, 2.75) is 20.4 Å². The fraction of sp³-hybridized carbons (Fsp3) is 0.500. The van der Waals surface area contributed by atoms with Crippen LogP contribution >= 0.6 is 0 Å². The van der Waals surface area contributed by atoms with Gasteiger partial charge in [-0.15, -0.1) is 0 Å². The molecular formula is C18H24N4O4. The van der Waals surface area contributed by atoms with Gasteiger partial charge in [0, 0.05) is 38.3 Å². The lowest BCUT2D eigenvalue weighted by molar-refractivity contribution is 0.0596. The van der Waals surface area contributed by atoms with E-state index in [1.807, 2.05) is 19.9 Å². The number of anilines is 1. The summed E-state index contributed by atoms with van der Waals surface area (Å²) in [5.41, 5.74) is 2.45. The summed E-state index contributed by atoms with van der Waals surface area (Å²) >= 11 is 0. The fourth-order valence-electron chi connectivity index (χ4n) is 3.11. The van der Waals surface area contributed by atoms with Crippen molar-refractivity contribution < 1.29 is 18.8 Å². The van der Waals surface area contributed by atoms with Crippen molar-refractivity contribution in [1.82, 2.24) is 15.0 Å². The molecule has 0 N–H and O–H groups in total. The molecule has 3 rings (SSSR count). The first-order valence-corrected chi connectivity index (χ1v) is 8.56. The molecule has 140 valence electrons. The molecule has 0 radical (unpaired) electrons. The maximum absolute atomic E-state index is 11.8. The third-order valence-electron chi connectivity index (χ3n) is 4.70. The third kappa shape index (κ3) is 3.65. The van der Waals surface area contributed by atoms with E-state index in [4.69, 9.17) is 14.0 Å². The molecule has 0 amide bonds. The quantitative estimate of drug-likeness (QED) is 0.747. The van der Waals surface area contributed by atoms with E-state index in [1.165, 1.54) is 19.8 Å². The molecule has 1 aliphatic heterocycles. The number of ether oxygens (including phenoxy) is 2. The topological polar surface area (TPSA) is 80.9 Å². The molecule has 3 heterocycles. The van der Waals surface area contributed by atoms with Crippen LogP contribution in [-0.4, -0.2) is 61.4 Å². The smallest absolute Gasteiger partial charge is 0.343 e. The van der Waals surface area contributed by atoms with Gasteiger partial charge in [-0.05, 0) is 26.0 Å². The van der Waals surface area contributed by atoms with E-state index >= 15 is 0 Å². The molecule has 0 aromatic carbocycles. The minimum atomic E-state index is -0.454. The number of nitrogens with zero attached hydrogens (tertiary/aromatic N) is 4. The van der Waals surface area contributed by atoms with Gasteiger partial charge in [0.15, 0.2) is 0 Å². The number of hydrogen-bond acceptors (Lipinski definition) is 8. The predicted octanol–water partition coefficient (Wildman–Crippen LogP) is 1.80. The Morgan fingerprint density at radius 2 is 1.92 bits per heavy atom. The highest BCUT2D eigenvalue weighted by Crippen LogP contribution is 2.23. The zero-order chi connectivity index (χ0) is 18.7. The van der Waals surface area contributed by atoms with Crippen LogP contribution in [0.4, 0.5) is 5.82 Å². The highest BCUT2D eigenvalue weighted by Gasteiger charge is 2.22. The van der Waals surface area contributed by atoms with Gasteiger partial charge in [0.2, 0.25) is 5.88 Å². The number of aryl methyl sites for hydroxylation is 2. The normalized spacial score (nSPS) is 15.2. The molecule has 2 aromatic heterocycles. The SMILES string of the molecule is COC(=O)c1ccc(N2CCN(Cc3c(C)noc3C)CC2)nc1OC. The number of hydrogen-bond donors (Lipinski definition) is 0. The lowest BCUT2D eigenvalue weighted by Crippen LogP contribution is -2.46. The van der Waals surface area contributed by atoms with Gasteiger partial charge >= 0.3 is 5.97 Å². The highest BCUT2D eigenvalue weighted by molar-refractivity contribution is 5.92. The molecular weight excluding hydrogens is 336 g/mol. The second kappa shape index (κ2) is 7.74. The maximum Gasteiger partial charge on any atom is 0.343 e. The Balaban J connectivity index is 1.65. The fourth-order valence-corrected chi connectivity index (χ4v) is 3.11. The second-order valence-electron chi connectivity index (χ2n) is 6.28. The van der Waals surface area contributed by atoms with Crippen molar-refractivity contribution >= 4 is 11.8 Å². The van der Waals surface area contributed by atoms with Gasteiger partial charge < -0.3 is 18.9 Å². The van der Waals surface area contributed by atoms with Crippen LogP contribution in [0, 0.1) is 13.8 Å². The Hall–Kier alpha value is -2.61. The van der Waals surface area contributed by atoms with Gasteiger partial charge in [-0.3, -0.25) is 4.90 Å². The average Bonchev–Trinajstić information content (AvgIpc) is 2.99. The molecule has 1 saturated heterocycles. The lowest BCUT2D eigenvalue weighted by Gasteiger charge is -2.35. The maximum atomic E-state index is 11.8. The van der Waals surface area contributed by atoms with Gasteiger partial charge in [-0.2, -0.15) is 4.98 Å². The molecule has 1 fully saturated rings. The largest absolute Gasteiger partial charge is 0.480 e. The van der Waals surface area contributed by atoms with Crippen molar-refractivity contribution in [2.24, 2.45) is 0 Å². The van der Waals surface area contributed by atoms with Crippen LogP contribution in [-0.2, 0) is 11.3 Å². The summed E-state index contributed by atoms with van der Waals surface area (Å²) in [5, 5.41) is 4.02. The van der Waals surface area contributed by atoms with Crippen molar-refractivity contribution in [3.63, 3.8) is 0 Å². The number of esters is 1. The molecule has 0 aliphatic carbocycles. The van der Waals surface area contributed by atoms with Gasteiger partial charge in [0.25, 0.3) is 0 Å². The first-order chi connectivity index (χ1) is 12.5. The molecule has 0 unspecified atom stereocenters. The van der Waals surface area contributed by atoms with Crippen LogP contribution in [0.15, 0.2) is 16.7 Å². The molecule has 8 nitrogen and oxygen atoms in total. The van der Waals surface area contributed by atoms with Crippen molar-refractivity contribution in [1.29, 1.82) is 0 Å². The molecule has 0 atom stereocenters. The molecule has 26 heavy (non-hydrogen) atoms. The first kappa shape index (κ1) is 18.2. The number of methoxy groups -OCH3 is 2. The summed E-state index contributed by atoms with van der Waals surface area (Å²) in [6.07, 6.45) is 0. The molecule has 0 spiro atoms. The van der Waals surface area contributed by atoms with Gasteiger partial charge in [-0.1, -0.05) is 5.16 Å². The zero-order valence-corrected chi connectivity index (χ0v) is 15.6. The summed E-state index contributed by atoms with van der Waals surface area (Å²) in [6.45, 7) is 8.27. The Morgan fingerprint density at radius 1 is 1.19 bits per heavy atom. The van der Waals surface area contributed by atoms with E-state index in [-0.39, 0.29) is 5.88 Å². The zero-order valence-electron chi connectivity index (χ0n) is 15.6. The first-order valence-electron chi connectivity index (χ1n) is 8.56. The Labute approximate surface area is 152 Å². The van der Waals surface area contributed by atoms with Crippen molar-refractivity contribution in [3.8, 4) is 5.88 Å². The molecule has 2 aromatic rings. The summed E-state index contributed by atoms with van der Waals surface area (Å²) in [4.78, 5) is 20.8. The van der Waals surface area contributed by atoms with E-state index in [2.05, 4.69) is 19.9 Å². The van der Waals surface area contributed by atoms with E-state index in [1.54, 1.807) is 6.07 Å². The van der Waals surface area contributed by atoms with Crippen LogP contribution in [0.1, 0.15) is 27.4 Å². The second-order valence-corrected chi connectivity index (χ2v) is 6.28. The van der Waals surface area contributed by atoms with Crippen LogP contribution in [0.5, 0.6) is 5.88 Å². The number of piperazine rings is 1. The minimum Gasteiger partial charge on any atom is -0.480 e. The van der Waals surface area contributed by atoms with E-state index in [0.29, 0.717) is 5.56 Å².